The minimum absolute atomic E-state index is 0.0462. The number of hydrogen-bond donors (Lipinski definition) is 1. The highest BCUT2D eigenvalue weighted by Gasteiger charge is 2.35. The standard InChI is InChI=1S/C15H13F3N4O2S/c1-24-5-4-19-14(23)10-8-13-20-9(11-3-2-6-25-11)7-12(15(16,17)18)22(13)21-10/h2-3,6-8H,4-5H2,1H3,(H,19,23). The van der Waals surface area contributed by atoms with E-state index < -0.39 is 17.8 Å². The Hall–Kier alpha value is -2.46. The number of carbonyl (C=O) groups is 1. The van der Waals surface area contributed by atoms with Gasteiger partial charge in [0.25, 0.3) is 5.91 Å². The molecule has 3 rings (SSSR count). The lowest BCUT2D eigenvalue weighted by Crippen LogP contribution is -2.27. The van der Waals surface area contributed by atoms with Gasteiger partial charge in [-0.1, -0.05) is 6.07 Å². The van der Waals surface area contributed by atoms with Gasteiger partial charge in [0.15, 0.2) is 17.0 Å². The molecule has 25 heavy (non-hydrogen) atoms. The molecular weight excluding hydrogens is 357 g/mol. The molecule has 6 nitrogen and oxygen atoms in total. The molecule has 0 bridgehead atoms. The first kappa shape index (κ1) is 17.4. The Labute approximate surface area is 144 Å². The summed E-state index contributed by atoms with van der Waals surface area (Å²) >= 11 is 1.28. The molecule has 1 amide bonds. The second-order valence-corrected chi connectivity index (χ2v) is 6.00. The number of ether oxygens (including phenoxy) is 1. The van der Waals surface area contributed by atoms with Crippen molar-refractivity contribution >= 4 is 22.9 Å². The molecule has 3 heterocycles. The maximum Gasteiger partial charge on any atom is 0.433 e. The number of fused-ring (bicyclic) bond motifs is 1. The Morgan fingerprint density at radius 1 is 1.40 bits per heavy atom. The Bertz CT molecular complexity index is 890. The van der Waals surface area contributed by atoms with Crippen LogP contribution in [0.4, 0.5) is 13.2 Å². The first-order valence-corrected chi connectivity index (χ1v) is 8.07. The smallest absolute Gasteiger partial charge is 0.383 e. The van der Waals surface area contributed by atoms with Gasteiger partial charge in [0.2, 0.25) is 0 Å². The number of amides is 1. The lowest BCUT2D eigenvalue weighted by Gasteiger charge is -2.10. The fourth-order valence-electron chi connectivity index (χ4n) is 2.20. The zero-order valence-corrected chi connectivity index (χ0v) is 13.8. The van der Waals surface area contributed by atoms with Crippen LogP contribution in [-0.4, -0.2) is 40.8 Å². The number of alkyl halides is 3. The Morgan fingerprint density at radius 3 is 2.84 bits per heavy atom. The number of methoxy groups -OCH3 is 1. The fourth-order valence-corrected chi connectivity index (χ4v) is 2.88. The van der Waals surface area contributed by atoms with Gasteiger partial charge in [-0.25, -0.2) is 9.50 Å². The fraction of sp³-hybridized carbons (Fsp3) is 0.267. The second kappa shape index (κ2) is 6.81. The molecule has 3 aromatic rings. The lowest BCUT2D eigenvalue weighted by atomic mass is 10.2. The minimum atomic E-state index is -4.64. The van der Waals surface area contributed by atoms with E-state index in [2.05, 4.69) is 15.4 Å². The Balaban J connectivity index is 2.06. The van der Waals surface area contributed by atoms with E-state index in [1.807, 2.05) is 0 Å². The highest BCUT2D eigenvalue weighted by Crippen LogP contribution is 2.33. The van der Waals surface area contributed by atoms with E-state index in [1.165, 1.54) is 24.5 Å². The van der Waals surface area contributed by atoms with Crippen LogP contribution in [0.25, 0.3) is 16.2 Å². The topological polar surface area (TPSA) is 68.5 Å². The average Bonchev–Trinajstić information content (AvgIpc) is 3.22. The molecule has 10 heteroatoms. The summed E-state index contributed by atoms with van der Waals surface area (Å²) in [7, 11) is 1.47. The first-order chi connectivity index (χ1) is 11.9. The highest BCUT2D eigenvalue weighted by atomic mass is 32.1. The predicted octanol–water partition coefficient (Wildman–Crippen LogP) is 2.85. The van der Waals surface area contributed by atoms with Crippen LogP contribution in [0.3, 0.4) is 0 Å². The third-order valence-corrected chi connectivity index (χ3v) is 4.21. The third-order valence-electron chi connectivity index (χ3n) is 3.32. The van der Waals surface area contributed by atoms with E-state index >= 15 is 0 Å². The molecule has 0 spiro atoms. The van der Waals surface area contributed by atoms with Crippen molar-refractivity contribution in [1.82, 2.24) is 19.9 Å². The van der Waals surface area contributed by atoms with Gasteiger partial charge < -0.3 is 10.1 Å². The molecule has 132 valence electrons. The monoisotopic (exact) mass is 370 g/mol. The maximum absolute atomic E-state index is 13.4. The van der Waals surface area contributed by atoms with Crippen LogP contribution in [0.2, 0.25) is 0 Å². The summed E-state index contributed by atoms with van der Waals surface area (Å²) in [6.07, 6.45) is -4.64. The molecule has 0 atom stereocenters. The summed E-state index contributed by atoms with van der Waals surface area (Å²) < 4.78 is 45.6. The molecule has 0 unspecified atom stereocenters. The van der Waals surface area contributed by atoms with Crippen molar-refractivity contribution in [3.63, 3.8) is 0 Å². The zero-order valence-electron chi connectivity index (χ0n) is 13.0. The Kier molecular flexibility index (Phi) is 4.73. The molecule has 0 radical (unpaired) electrons. The van der Waals surface area contributed by atoms with Gasteiger partial charge in [-0.2, -0.15) is 18.3 Å². The van der Waals surface area contributed by atoms with Crippen LogP contribution < -0.4 is 5.32 Å². The second-order valence-electron chi connectivity index (χ2n) is 5.05. The summed E-state index contributed by atoms with van der Waals surface area (Å²) in [6.45, 7) is 0.511. The molecular formula is C15H13F3N4O2S. The van der Waals surface area contributed by atoms with E-state index in [9.17, 15) is 18.0 Å². The molecule has 0 aliphatic rings. The zero-order chi connectivity index (χ0) is 18.0. The number of nitrogens with zero attached hydrogens (tertiary/aromatic N) is 3. The first-order valence-electron chi connectivity index (χ1n) is 7.19. The summed E-state index contributed by atoms with van der Waals surface area (Å²) in [5, 5.41) is 8.03. The molecule has 0 saturated heterocycles. The van der Waals surface area contributed by atoms with Gasteiger partial charge in [0.1, 0.15) is 0 Å². The van der Waals surface area contributed by atoms with E-state index in [4.69, 9.17) is 4.74 Å². The van der Waals surface area contributed by atoms with Crippen LogP contribution in [0.15, 0.2) is 29.6 Å². The van der Waals surface area contributed by atoms with Gasteiger partial charge in [0, 0.05) is 19.7 Å². The van der Waals surface area contributed by atoms with Gasteiger partial charge >= 0.3 is 6.18 Å². The third kappa shape index (κ3) is 3.64. The van der Waals surface area contributed by atoms with Crippen molar-refractivity contribution in [3.8, 4) is 10.6 Å². The van der Waals surface area contributed by atoms with Gasteiger partial charge in [-0.05, 0) is 17.5 Å². The van der Waals surface area contributed by atoms with Crippen molar-refractivity contribution in [2.75, 3.05) is 20.3 Å². The molecule has 3 aromatic heterocycles. The van der Waals surface area contributed by atoms with Gasteiger partial charge in [-0.15, -0.1) is 11.3 Å². The van der Waals surface area contributed by atoms with Crippen LogP contribution in [0.1, 0.15) is 16.2 Å². The van der Waals surface area contributed by atoms with E-state index in [0.717, 1.165) is 6.07 Å². The number of nitrogens with one attached hydrogen (secondary N) is 1. The summed E-state index contributed by atoms with van der Waals surface area (Å²) in [5.41, 5.74) is -0.995. The number of thiophene rings is 1. The van der Waals surface area contributed by atoms with Crippen LogP contribution in [0.5, 0.6) is 0 Å². The number of halogens is 3. The number of carbonyl (C=O) groups excluding carboxylic acids is 1. The number of aromatic nitrogens is 3. The minimum Gasteiger partial charge on any atom is -0.383 e. The Morgan fingerprint density at radius 2 is 2.20 bits per heavy atom. The average molecular weight is 370 g/mol. The molecule has 0 aromatic carbocycles. The maximum atomic E-state index is 13.4. The quantitative estimate of drug-likeness (QED) is 0.702. The predicted molar refractivity (Wildman–Crippen MR) is 85.5 cm³/mol. The van der Waals surface area contributed by atoms with Crippen molar-refractivity contribution < 1.29 is 22.7 Å². The molecule has 1 N–H and O–H groups in total. The van der Waals surface area contributed by atoms with Gasteiger partial charge in [-0.3, -0.25) is 4.79 Å². The summed E-state index contributed by atoms with van der Waals surface area (Å²) in [4.78, 5) is 16.8. The molecule has 0 saturated carbocycles. The number of hydrogen-bond acceptors (Lipinski definition) is 5. The lowest BCUT2D eigenvalue weighted by molar-refractivity contribution is -0.142. The van der Waals surface area contributed by atoms with Crippen molar-refractivity contribution in [2.45, 2.75) is 6.18 Å². The van der Waals surface area contributed by atoms with Gasteiger partial charge in [0.05, 0.1) is 17.2 Å². The summed E-state index contributed by atoms with van der Waals surface area (Å²) in [6, 6.07) is 5.56. The van der Waals surface area contributed by atoms with E-state index in [0.29, 0.717) is 9.39 Å². The SMILES string of the molecule is COCCNC(=O)c1cc2nc(-c3cccs3)cc(C(F)(F)F)n2n1. The van der Waals surface area contributed by atoms with Crippen LogP contribution in [-0.2, 0) is 10.9 Å². The van der Waals surface area contributed by atoms with Crippen molar-refractivity contribution in [1.29, 1.82) is 0 Å². The largest absolute Gasteiger partial charge is 0.433 e. The normalized spacial score (nSPS) is 11.8. The summed E-state index contributed by atoms with van der Waals surface area (Å²) in [5.74, 6) is -0.589. The molecule has 0 aliphatic heterocycles. The van der Waals surface area contributed by atoms with Crippen LogP contribution in [0, 0.1) is 0 Å². The van der Waals surface area contributed by atoms with Crippen LogP contribution >= 0.6 is 11.3 Å². The van der Waals surface area contributed by atoms with Crippen molar-refractivity contribution in [2.24, 2.45) is 0 Å². The van der Waals surface area contributed by atoms with Crippen molar-refractivity contribution in [3.05, 3.63) is 41.0 Å². The molecule has 0 aliphatic carbocycles. The van der Waals surface area contributed by atoms with E-state index in [1.54, 1.807) is 17.5 Å². The highest BCUT2D eigenvalue weighted by molar-refractivity contribution is 7.13. The molecule has 0 fully saturated rings. The van der Waals surface area contributed by atoms with E-state index in [-0.39, 0.29) is 30.2 Å². The number of rotatable bonds is 5.